The molecule has 0 aliphatic heterocycles. The van der Waals surface area contributed by atoms with Crippen LogP contribution in [0, 0.1) is 11.8 Å². The van der Waals surface area contributed by atoms with Crippen LogP contribution >= 0.6 is 0 Å². The van der Waals surface area contributed by atoms with Crippen molar-refractivity contribution in [2.75, 3.05) is 0 Å². The summed E-state index contributed by atoms with van der Waals surface area (Å²) in [6.07, 6.45) is 10.8. The number of rotatable bonds is 4. The van der Waals surface area contributed by atoms with Crippen molar-refractivity contribution in [3.05, 3.63) is 0 Å². The molecule has 0 radical (unpaired) electrons. The highest BCUT2D eigenvalue weighted by Crippen LogP contribution is 2.35. The second kappa shape index (κ2) is 6.93. The highest BCUT2D eigenvalue weighted by Gasteiger charge is 2.40. The first-order valence-corrected chi connectivity index (χ1v) is 8.57. The van der Waals surface area contributed by atoms with Crippen LogP contribution in [-0.4, -0.2) is 17.6 Å². The average Bonchev–Trinajstić information content (AvgIpc) is 2.48. The minimum absolute atomic E-state index is 0.116. The van der Waals surface area contributed by atoms with Crippen molar-refractivity contribution in [1.29, 1.82) is 0 Å². The van der Waals surface area contributed by atoms with Gasteiger partial charge in [0, 0.05) is 0 Å². The van der Waals surface area contributed by atoms with E-state index in [1.54, 1.807) is 0 Å². The highest BCUT2D eigenvalue weighted by atomic mass is 16.5. The molecule has 2 aliphatic rings. The molecule has 3 nitrogen and oxygen atoms in total. The fraction of sp³-hybridized carbons (Fsp3) is 0.941. The van der Waals surface area contributed by atoms with Crippen LogP contribution in [0.4, 0.5) is 0 Å². The molecule has 0 saturated heterocycles. The first kappa shape index (κ1) is 15.8. The Hall–Kier alpha value is -0.570. The molecule has 0 aromatic rings. The molecule has 2 aliphatic carbocycles. The summed E-state index contributed by atoms with van der Waals surface area (Å²) >= 11 is 0. The van der Waals surface area contributed by atoms with E-state index in [-0.39, 0.29) is 12.1 Å². The third-order valence-electron chi connectivity index (χ3n) is 5.57. The molecule has 0 heterocycles. The number of ether oxygens (including phenoxy) is 1. The van der Waals surface area contributed by atoms with Crippen molar-refractivity contribution < 1.29 is 9.53 Å². The van der Waals surface area contributed by atoms with Gasteiger partial charge in [0.25, 0.3) is 0 Å². The summed E-state index contributed by atoms with van der Waals surface area (Å²) in [5.74, 6) is 1.35. The fourth-order valence-corrected chi connectivity index (χ4v) is 3.79. The van der Waals surface area contributed by atoms with Crippen molar-refractivity contribution in [2.45, 2.75) is 89.7 Å². The Morgan fingerprint density at radius 1 is 1.10 bits per heavy atom. The van der Waals surface area contributed by atoms with Crippen LogP contribution < -0.4 is 5.73 Å². The molecule has 0 aromatic carbocycles. The smallest absolute Gasteiger partial charge is 0.326 e. The van der Waals surface area contributed by atoms with Crippen molar-refractivity contribution in [1.82, 2.24) is 0 Å². The molecule has 0 bridgehead atoms. The van der Waals surface area contributed by atoms with E-state index >= 15 is 0 Å². The zero-order chi connectivity index (χ0) is 14.6. The number of carbonyl (C=O) groups is 1. The Morgan fingerprint density at radius 2 is 1.75 bits per heavy atom. The van der Waals surface area contributed by atoms with Crippen molar-refractivity contribution in [2.24, 2.45) is 17.6 Å². The van der Waals surface area contributed by atoms with Crippen molar-refractivity contribution >= 4 is 5.97 Å². The Bertz CT molecular complexity index is 321. The summed E-state index contributed by atoms with van der Waals surface area (Å²) in [6, 6.07) is 0. The topological polar surface area (TPSA) is 52.3 Å². The van der Waals surface area contributed by atoms with E-state index in [1.807, 2.05) is 0 Å². The van der Waals surface area contributed by atoms with Crippen LogP contribution in [0.1, 0.15) is 78.1 Å². The van der Waals surface area contributed by atoms with Crippen LogP contribution in [0.25, 0.3) is 0 Å². The SMILES string of the molecule is CCC1CCC(N)(C(=O)OC2CCCC(CC)C2)CC1. The Morgan fingerprint density at radius 3 is 2.35 bits per heavy atom. The quantitative estimate of drug-likeness (QED) is 0.797. The summed E-state index contributed by atoms with van der Waals surface area (Å²) in [5, 5.41) is 0. The van der Waals surface area contributed by atoms with Gasteiger partial charge in [-0.05, 0) is 56.8 Å². The first-order valence-electron chi connectivity index (χ1n) is 8.57. The number of nitrogens with two attached hydrogens (primary N) is 1. The largest absolute Gasteiger partial charge is 0.461 e. The second-order valence-corrected chi connectivity index (χ2v) is 6.98. The number of esters is 1. The van der Waals surface area contributed by atoms with Gasteiger partial charge in [0.1, 0.15) is 11.6 Å². The van der Waals surface area contributed by atoms with Gasteiger partial charge >= 0.3 is 5.97 Å². The van der Waals surface area contributed by atoms with E-state index in [0.717, 1.165) is 50.4 Å². The van der Waals surface area contributed by atoms with E-state index in [0.29, 0.717) is 0 Å². The molecule has 2 unspecified atom stereocenters. The maximum atomic E-state index is 12.4. The predicted molar refractivity (Wildman–Crippen MR) is 81.3 cm³/mol. The van der Waals surface area contributed by atoms with Gasteiger partial charge in [-0.1, -0.05) is 33.1 Å². The summed E-state index contributed by atoms with van der Waals surface area (Å²) in [6.45, 7) is 4.45. The standard InChI is InChI=1S/C17H31NO2/c1-3-13-8-10-17(18,11-9-13)16(19)20-15-7-5-6-14(4-2)12-15/h13-15H,3-12,18H2,1-2H3. The second-order valence-electron chi connectivity index (χ2n) is 6.98. The fourth-order valence-electron chi connectivity index (χ4n) is 3.79. The van der Waals surface area contributed by atoms with Crippen LogP contribution in [0.15, 0.2) is 0 Å². The van der Waals surface area contributed by atoms with E-state index < -0.39 is 5.54 Å². The van der Waals surface area contributed by atoms with Gasteiger partial charge in [-0.2, -0.15) is 0 Å². The molecule has 0 aromatic heterocycles. The molecule has 0 amide bonds. The Kier molecular flexibility index (Phi) is 5.48. The summed E-state index contributed by atoms with van der Waals surface area (Å²) < 4.78 is 5.77. The normalized spacial score (nSPS) is 38.5. The van der Waals surface area contributed by atoms with Crippen molar-refractivity contribution in [3.8, 4) is 0 Å². The van der Waals surface area contributed by atoms with Gasteiger partial charge in [0.05, 0.1) is 0 Å². The monoisotopic (exact) mass is 281 g/mol. The lowest BCUT2D eigenvalue weighted by Gasteiger charge is -2.37. The Labute approximate surface area is 123 Å². The maximum absolute atomic E-state index is 12.4. The average molecular weight is 281 g/mol. The molecule has 3 heteroatoms. The molecule has 2 saturated carbocycles. The zero-order valence-corrected chi connectivity index (χ0v) is 13.2. The van der Waals surface area contributed by atoms with Gasteiger partial charge < -0.3 is 10.5 Å². The molecule has 116 valence electrons. The van der Waals surface area contributed by atoms with Crippen LogP contribution in [0.2, 0.25) is 0 Å². The van der Waals surface area contributed by atoms with Crippen LogP contribution in [-0.2, 0) is 9.53 Å². The molecule has 2 rings (SSSR count). The number of hydrogen-bond donors (Lipinski definition) is 1. The van der Waals surface area contributed by atoms with Gasteiger partial charge in [-0.15, -0.1) is 0 Å². The van der Waals surface area contributed by atoms with E-state index in [1.165, 1.54) is 25.7 Å². The lowest BCUT2D eigenvalue weighted by Crippen LogP contribution is -2.52. The third kappa shape index (κ3) is 3.75. The maximum Gasteiger partial charge on any atom is 0.326 e. The lowest BCUT2D eigenvalue weighted by atomic mass is 9.76. The number of hydrogen-bond acceptors (Lipinski definition) is 3. The van der Waals surface area contributed by atoms with Gasteiger partial charge in [-0.25, -0.2) is 0 Å². The number of carbonyl (C=O) groups excluding carboxylic acids is 1. The van der Waals surface area contributed by atoms with Crippen molar-refractivity contribution in [3.63, 3.8) is 0 Å². The molecular weight excluding hydrogens is 250 g/mol. The third-order valence-corrected chi connectivity index (χ3v) is 5.57. The molecule has 2 atom stereocenters. The van der Waals surface area contributed by atoms with E-state index in [4.69, 9.17) is 10.5 Å². The van der Waals surface area contributed by atoms with Gasteiger partial charge in [-0.3, -0.25) is 4.79 Å². The predicted octanol–water partition coefficient (Wildman–Crippen LogP) is 3.80. The zero-order valence-electron chi connectivity index (χ0n) is 13.2. The summed E-state index contributed by atoms with van der Waals surface area (Å²) in [4.78, 5) is 12.4. The van der Waals surface area contributed by atoms with Crippen LogP contribution in [0.5, 0.6) is 0 Å². The minimum Gasteiger partial charge on any atom is -0.461 e. The van der Waals surface area contributed by atoms with E-state index in [2.05, 4.69) is 13.8 Å². The van der Waals surface area contributed by atoms with Gasteiger partial charge in [0.15, 0.2) is 0 Å². The van der Waals surface area contributed by atoms with Gasteiger partial charge in [0.2, 0.25) is 0 Å². The lowest BCUT2D eigenvalue weighted by molar-refractivity contribution is -0.159. The van der Waals surface area contributed by atoms with Crippen LogP contribution in [0.3, 0.4) is 0 Å². The van der Waals surface area contributed by atoms with E-state index in [9.17, 15) is 4.79 Å². The first-order chi connectivity index (χ1) is 9.57. The molecule has 20 heavy (non-hydrogen) atoms. The molecule has 2 N–H and O–H groups in total. The molecule has 0 spiro atoms. The highest BCUT2D eigenvalue weighted by molar-refractivity contribution is 5.80. The summed E-state index contributed by atoms with van der Waals surface area (Å²) in [5.41, 5.74) is 5.63. The minimum atomic E-state index is -0.704. The molecule has 2 fully saturated rings. The summed E-state index contributed by atoms with van der Waals surface area (Å²) in [7, 11) is 0. The Balaban J connectivity index is 1.85. The molecular formula is C17H31NO2.